The van der Waals surface area contributed by atoms with Crippen LogP contribution in [0.15, 0.2) is 42.9 Å². The fraction of sp³-hybridized carbons (Fsp3) is 0.440. The molecule has 0 radical (unpaired) electrons. The van der Waals surface area contributed by atoms with Gasteiger partial charge in [-0.3, -0.25) is 9.67 Å². The van der Waals surface area contributed by atoms with Gasteiger partial charge in [0.05, 0.1) is 16.9 Å². The Kier molecular flexibility index (Phi) is 4.75. The van der Waals surface area contributed by atoms with Crippen LogP contribution in [-0.4, -0.2) is 50.8 Å². The zero-order valence-corrected chi connectivity index (χ0v) is 19.4. The summed E-state index contributed by atoms with van der Waals surface area (Å²) in [6, 6.07) is 8.23. The maximum Gasteiger partial charge on any atom is 0.318 e. The number of anilines is 2. The Labute approximate surface area is 198 Å². The van der Waals surface area contributed by atoms with Crippen molar-refractivity contribution in [3.8, 4) is 11.3 Å². The molecule has 1 saturated carbocycles. The number of nitrogens with one attached hydrogen (secondary N) is 2. The van der Waals surface area contributed by atoms with Crippen molar-refractivity contribution in [2.75, 3.05) is 31.2 Å². The lowest BCUT2D eigenvalue weighted by molar-refractivity contribution is 0.154. The lowest BCUT2D eigenvalue weighted by atomic mass is 9.72. The quantitative estimate of drug-likeness (QED) is 0.554. The molecule has 3 aromatic rings. The van der Waals surface area contributed by atoms with E-state index in [1.807, 2.05) is 30.1 Å². The van der Waals surface area contributed by atoms with Gasteiger partial charge in [-0.15, -0.1) is 0 Å². The van der Waals surface area contributed by atoms with Crippen LogP contribution < -0.4 is 16.4 Å². The number of carbonyl (C=O) groups excluding carboxylic acids is 1. The highest BCUT2D eigenvalue weighted by Crippen LogP contribution is 2.45. The molecule has 2 fully saturated rings. The molecular formula is C25H30N8O. The molecule has 3 aliphatic rings. The average molecular weight is 459 g/mol. The van der Waals surface area contributed by atoms with Gasteiger partial charge in [0.1, 0.15) is 5.82 Å². The first-order valence-electron chi connectivity index (χ1n) is 12.0. The molecule has 4 N–H and O–H groups in total. The van der Waals surface area contributed by atoms with Crippen molar-refractivity contribution in [1.82, 2.24) is 30.0 Å². The molecule has 1 saturated heterocycles. The molecule has 2 aliphatic heterocycles. The Morgan fingerprint density at radius 3 is 2.65 bits per heavy atom. The second kappa shape index (κ2) is 7.72. The molecule has 9 nitrogen and oxygen atoms in total. The van der Waals surface area contributed by atoms with E-state index in [-0.39, 0.29) is 17.0 Å². The van der Waals surface area contributed by atoms with Crippen LogP contribution >= 0.6 is 0 Å². The molecule has 6 rings (SSSR count). The SMILES string of the molecule is CNc1cc(-c2cc3n(n2)CCC32CCN(C(=O)NC3(c4ccncc4)CCC3)C2)cnc1N. The number of urea groups is 1. The molecule has 0 aromatic carbocycles. The van der Waals surface area contributed by atoms with E-state index in [1.54, 1.807) is 18.6 Å². The molecule has 1 atom stereocenters. The van der Waals surface area contributed by atoms with Gasteiger partial charge < -0.3 is 21.3 Å². The Balaban J connectivity index is 1.21. The summed E-state index contributed by atoms with van der Waals surface area (Å²) in [4.78, 5) is 23.8. The van der Waals surface area contributed by atoms with Crippen molar-refractivity contribution in [1.29, 1.82) is 0 Å². The monoisotopic (exact) mass is 458 g/mol. The number of aromatic nitrogens is 4. The summed E-state index contributed by atoms with van der Waals surface area (Å²) in [6.07, 6.45) is 10.4. The third kappa shape index (κ3) is 3.21. The minimum Gasteiger partial charge on any atom is -0.385 e. The summed E-state index contributed by atoms with van der Waals surface area (Å²) < 4.78 is 2.11. The lowest BCUT2D eigenvalue weighted by Crippen LogP contribution is -2.54. The summed E-state index contributed by atoms with van der Waals surface area (Å²) in [5, 5.41) is 11.3. The predicted octanol–water partition coefficient (Wildman–Crippen LogP) is 3.10. The highest BCUT2D eigenvalue weighted by Gasteiger charge is 2.48. The third-order valence-corrected chi connectivity index (χ3v) is 8.04. The Morgan fingerprint density at radius 1 is 1.12 bits per heavy atom. The van der Waals surface area contributed by atoms with Crippen molar-refractivity contribution in [3.63, 3.8) is 0 Å². The molecule has 34 heavy (non-hydrogen) atoms. The molecule has 2 amide bonds. The number of pyridine rings is 2. The highest BCUT2D eigenvalue weighted by molar-refractivity contribution is 5.76. The van der Waals surface area contributed by atoms with Crippen LogP contribution in [0.5, 0.6) is 0 Å². The predicted molar refractivity (Wildman–Crippen MR) is 130 cm³/mol. The van der Waals surface area contributed by atoms with Gasteiger partial charge in [-0.2, -0.15) is 5.10 Å². The van der Waals surface area contributed by atoms with Crippen LogP contribution in [0.1, 0.15) is 43.4 Å². The number of carbonyl (C=O) groups is 1. The summed E-state index contributed by atoms with van der Waals surface area (Å²) >= 11 is 0. The van der Waals surface area contributed by atoms with E-state index >= 15 is 0 Å². The number of nitrogens with two attached hydrogens (primary N) is 1. The number of hydrogen-bond donors (Lipinski definition) is 3. The normalized spacial score (nSPS) is 22.4. The number of nitrogens with zero attached hydrogens (tertiary/aromatic N) is 5. The fourth-order valence-corrected chi connectivity index (χ4v) is 5.85. The zero-order valence-electron chi connectivity index (χ0n) is 19.4. The first kappa shape index (κ1) is 20.9. The lowest BCUT2D eigenvalue weighted by Gasteiger charge is -2.43. The number of likely N-dealkylation sites (tertiary alicyclic amines) is 1. The number of amides is 2. The molecule has 1 aliphatic carbocycles. The number of aryl methyl sites for hydroxylation is 1. The van der Waals surface area contributed by atoms with E-state index < -0.39 is 0 Å². The maximum atomic E-state index is 13.4. The van der Waals surface area contributed by atoms with Crippen LogP contribution in [0.3, 0.4) is 0 Å². The number of nitrogen functional groups attached to an aromatic ring is 1. The third-order valence-electron chi connectivity index (χ3n) is 8.04. The molecule has 1 unspecified atom stereocenters. The minimum atomic E-state index is -0.256. The second-order valence-corrected chi connectivity index (χ2v) is 9.85. The van der Waals surface area contributed by atoms with Crippen LogP contribution in [-0.2, 0) is 17.5 Å². The average Bonchev–Trinajstić information content (AvgIpc) is 3.54. The van der Waals surface area contributed by atoms with Gasteiger partial charge in [-0.05, 0) is 61.9 Å². The van der Waals surface area contributed by atoms with Crippen LogP contribution in [0.4, 0.5) is 16.3 Å². The molecule has 0 bridgehead atoms. The van der Waals surface area contributed by atoms with Crippen molar-refractivity contribution in [3.05, 3.63) is 54.1 Å². The van der Waals surface area contributed by atoms with Crippen LogP contribution in [0.2, 0.25) is 0 Å². The first-order valence-corrected chi connectivity index (χ1v) is 12.0. The standard InChI is InChI=1S/C25H30N8O/c1-27-20-13-17(15-29-22(20)26)19-14-21-24(8-12-33(21)31-19)7-11-32(16-24)23(34)30-25(5-2-6-25)18-3-9-28-10-4-18/h3-4,9-10,13-15,27H,2,5-8,11-12,16H2,1H3,(H2,26,29)(H,30,34). The van der Waals surface area contributed by atoms with E-state index in [0.717, 1.165) is 74.2 Å². The van der Waals surface area contributed by atoms with E-state index in [2.05, 4.69) is 31.3 Å². The summed E-state index contributed by atoms with van der Waals surface area (Å²) in [5.74, 6) is 0.475. The summed E-state index contributed by atoms with van der Waals surface area (Å²) in [5.41, 5.74) is 10.6. The van der Waals surface area contributed by atoms with Gasteiger partial charge in [0.2, 0.25) is 0 Å². The van der Waals surface area contributed by atoms with Crippen LogP contribution in [0, 0.1) is 0 Å². The van der Waals surface area contributed by atoms with Gasteiger partial charge in [0.25, 0.3) is 0 Å². The van der Waals surface area contributed by atoms with Crippen molar-refractivity contribution in [2.45, 2.75) is 49.6 Å². The summed E-state index contributed by atoms with van der Waals surface area (Å²) in [7, 11) is 1.83. The van der Waals surface area contributed by atoms with Gasteiger partial charge in [0.15, 0.2) is 0 Å². The van der Waals surface area contributed by atoms with Crippen molar-refractivity contribution < 1.29 is 4.79 Å². The van der Waals surface area contributed by atoms with E-state index in [9.17, 15) is 4.79 Å². The van der Waals surface area contributed by atoms with Crippen LogP contribution in [0.25, 0.3) is 11.3 Å². The molecule has 5 heterocycles. The smallest absolute Gasteiger partial charge is 0.318 e. The number of fused-ring (bicyclic) bond motifs is 2. The molecule has 3 aromatic heterocycles. The topological polar surface area (TPSA) is 114 Å². The first-order chi connectivity index (χ1) is 16.5. The van der Waals surface area contributed by atoms with Gasteiger partial charge in [-0.1, -0.05) is 0 Å². The fourth-order valence-electron chi connectivity index (χ4n) is 5.85. The largest absolute Gasteiger partial charge is 0.385 e. The van der Waals surface area contributed by atoms with Crippen molar-refractivity contribution >= 4 is 17.5 Å². The molecule has 176 valence electrons. The number of rotatable bonds is 4. The number of hydrogen-bond acceptors (Lipinski definition) is 6. The van der Waals surface area contributed by atoms with Gasteiger partial charge >= 0.3 is 6.03 Å². The maximum absolute atomic E-state index is 13.4. The zero-order chi connectivity index (χ0) is 23.3. The molecular weight excluding hydrogens is 428 g/mol. The van der Waals surface area contributed by atoms with Gasteiger partial charge in [-0.25, -0.2) is 9.78 Å². The molecule has 9 heteroatoms. The Bertz CT molecular complexity index is 1230. The summed E-state index contributed by atoms with van der Waals surface area (Å²) in [6.45, 7) is 2.34. The second-order valence-electron chi connectivity index (χ2n) is 9.85. The Hall–Kier alpha value is -3.62. The Morgan fingerprint density at radius 2 is 1.91 bits per heavy atom. The van der Waals surface area contributed by atoms with E-state index in [0.29, 0.717) is 5.82 Å². The van der Waals surface area contributed by atoms with E-state index in [1.165, 1.54) is 5.69 Å². The van der Waals surface area contributed by atoms with E-state index in [4.69, 9.17) is 10.8 Å². The molecule has 1 spiro atoms. The van der Waals surface area contributed by atoms with Gasteiger partial charge in [0, 0.05) is 61.9 Å². The highest BCUT2D eigenvalue weighted by atomic mass is 16.2. The van der Waals surface area contributed by atoms with Crippen molar-refractivity contribution in [2.24, 2.45) is 0 Å². The minimum absolute atomic E-state index is 0.0352.